The fourth-order valence-corrected chi connectivity index (χ4v) is 2.15. The van der Waals surface area contributed by atoms with Crippen molar-refractivity contribution in [3.63, 3.8) is 0 Å². The molecule has 0 radical (unpaired) electrons. The number of halogens is 3. The second kappa shape index (κ2) is 6.12. The molecule has 0 fully saturated rings. The van der Waals surface area contributed by atoms with Crippen LogP contribution in [0.1, 0.15) is 11.3 Å². The molecule has 0 unspecified atom stereocenters. The molecular formula is C12H11BrF2N2O2. The lowest BCUT2D eigenvalue weighted by atomic mass is 10.3. The number of para-hydroxylation sites is 1. The number of nitrogens with one attached hydrogen (secondary N) is 1. The van der Waals surface area contributed by atoms with Crippen LogP contribution in [0.25, 0.3) is 5.69 Å². The van der Waals surface area contributed by atoms with Crippen molar-refractivity contribution in [1.82, 2.24) is 9.78 Å². The molecule has 1 heterocycles. The van der Waals surface area contributed by atoms with Crippen LogP contribution in [0.3, 0.4) is 0 Å². The third-order valence-electron chi connectivity index (χ3n) is 2.57. The Morgan fingerprint density at radius 1 is 1.32 bits per heavy atom. The second-order valence-electron chi connectivity index (χ2n) is 3.75. The van der Waals surface area contributed by atoms with Gasteiger partial charge in [0.1, 0.15) is 0 Å². The number of nitrogens with zero attached hydrogens (tertiary/aromatic N) is 1. The van der Waals surface area contributed by atoms with Gasteiger partial charge < -0.3 is 4.74 Å². The van der Waals surface area contributed by atoms with E-state index < -0.39 is 13.2 Å². The molecule has 0 saturated heterocycles. The highest BCUT2D eigenvalue weighted by molar-refractivity contribution is 9.08. The zero-order chi connectivity index (χ0) is 13.8. The van der Waals surface area contributed by atoms with Crippen molar-refractivity contribution >= 4 is 15.9 Å². The lowest BCUT2D eigenvalue weighted by Crippen LogP contribution is -2.18. The monoisotopic (exact) mass is 332 g/mol. The van der Waals surface area contributed by atoms with Gasteiger partial charge in [-0.15, -0.1) is 0 Å². The molecule has 19 heavy (non-hydrogen) atoms. The Morgan fingerprint density at radius 3 is 2.58 bits per heavy atom. The molecule has 2 aromatic rings. The number of rotatable bonds is 5. The van der Waals surface area contributed by atoms with Gasteiger partial charge in [-0.05, 0) is 12.1 Å². The number of aromatic nitrogens is 2. The van der Waals surface area contributed by atoms with Gasteiger partial charge in [-0.2, -0.15) is 8.78 Å². The van der Waals surface area contributed by atoms with E-state index in [0.29, 0.717) is 16.7 Å². The van der Waals surface area contributed by atoms with Crippen LogP contribution in [0, 0.1) is 0 Å². The minimum Gasteiger partial charge on any atom is -0.318 e. The molecule has 0 atom stereocenters. The smallest absolute Gasteiger partial charge is 0.318 e. The van der Waals surface area contributed by atoms with Gasteiger partial charge in [0.25, 0.3) is 5.56 Å². The van der Waals surface area contributed by atoms with Crippen molar-refractivity contribution in [3.8, 4) is 5.69 Å². The number of H-pyrrole nitrogens is 1. The first-order chi connectivity index (χ1) is 9.13. The van der Waals surface area contributed by atoms with Crippen LogP contribution < -0.4 is 5.56 Å². The Hall–Kier alpha value is -1.47. The average molecular weight is 333 g/mol. The summed E-state index contributed by atoms with van der Waals surface area (Å²) in [6.07, 6.45) is 0. The number of hydrogen-bond donors (Lipinski definition) is 1. The summed E-state index contributed by atoms with van der Waals surface area (Å²) in [4.78, 5) is 12.1. The molecular weight excluding hydrogens is 322 g/mol. The Morgan fingerprint density at radius 2 is 2.00 bits per heavy atom. The van der Waals surface area contributed by atoms with Crippen molar-refractivity contribution in [1.29, 1.82) is 0 Å². The van der Waals surface area contributed by atoms with E-state index in [1.165, 1.54) is 4.68 Å². The molecule has 2 rings (SSSR count). The molecule has 0 aliphatic rings. The Kier molecular flexibility index (Phi) is 4.49. The number of ether oxygens (including phenoxy) is 1. The van der Waals surface area contributed by atoms with Crippen molar-refractivity contribution in [2.45, 2.75) is 18.5 Å². The van der Waals surface area contributed by atoms with E-state index in [1.807, 2.05) is 6.07 Å². The summed E-state index contributed by atoms with van der Waals surface area (Å²) >= 11 is 3.21. The van der Waals surface area contributed by atoms with Crippen LogP contribution in [0.2, 0.25) is 0 Å². The highest BCUT2D eigenvalue weighted by Gasteiger charge is 2.16. The van der Waals surface area contributed by atoms with Crippen molar-refractivity contribution in [2.24, 2.45) is 0 Å². The third kappa shape index (κ3) is 3.10. The zero-order valence-corrected chi connectivity index (χ0v) is 11.4. The maximum atomic E-state index is 12.1. The standard InChI is InChI=1S/C12H11BrF2N2O2/c13-6-10-9(7-19-12(14)15)11(18)17(16-10)8-4-2-1-3-5-8/h1-5,12,16H,6-7H2. The van der Waals surface area contributed by atoms with Crippen molar-refractivity contribution in [2.75, 3.05) is 0 Å². The van der Waals surface area contributed by atoms with Crippen LogP contribution in [0.5, 0.6) is 0 Å². The molecule has 102 valence electrons. The molecule has 0 aliphatic heterocycles. The zero-order valence-electron chi connectivity index (χ0n) is 9.78. The van der Waals surface area contributed by atoms with Crippen LogP contribution in [-0.4, -0.2) is 16.4 Å². The van der Waals surface area contributed by atoms with Gasteiger partial charge in [0, 0.05) is 5.33 Å². The quantitative estimate of drug-likeness (QED) is 0.856. The van der Waals surface area contributed by atoms with Gasteiger partial charge in [-0.25, -0.2) is 4.68 Å². The van der Waals surface area contributed by atoms with E-state index >= 15 is 0 Å². The van der Waals surface area contributed by atoms with E-state index in [0.717, 1.165) is 0 Å². The van der Waals surface area contributed by atoms with E-state index in [-0.39, 0.29) is 11.1 Å². The molecule has 0 amide bonds. The topological polar surface area (TPSA) is 47.0 Å². The van der Waals surface area contributed by atoms with E-state index in [2.05, 4.69) is 25.8 Å². The van der Waals surface area contributed by atoms with E-state index in [4.69, 9.17) is 0 Å². The third-order valence-corrected chi connectivity index (χ3v) is 3.13. The molecule has 0 bridgehead atoms. The number of benzene rings is 1. The highest BCUT2D eigenvalue weighted by Crippen LogP contribution is 2.12. The number of aromatic amines is 1. The molecule has 0 aliphatic carbocycles. The average Bonchev–Trinajstić information content (AvgIpc) is 2.74. The summed E-state index contributed by atoms with van der Waals surface area (Å²) < 4.78 is 29.6. The largest absolute Gasteiger partial charge is 0.345 e. The highest BCUT2D eigenvalue weighted by atomic mass is 79.9. The summed E-state index contributed by atoms with van der Waals surface area (Å²) in [6.45, 7) is -3.32. The first-order valence-electron chi connectivity index (χ1n) is 5.47. The Bertz CT molecular complexity index is 596. The van der Waals surface area contributed by atoms with Crippen LogP contribution in [0.4, 0.5) is 8.78 Å². The summed E-state index contributed by atoms with van der Waals surface area (Å²) in [6, 6.07) is 8.88. The van der Waals surface area contributed by atoms with Gasteiger partial charge in [0.05, 0.1) is 23.6 Å². The molecule has 1 aromatic heterocycles. The van der Waals surface area contributed by atoms with E-state index in [1.54, 1.807) is 24.3 Å². The van der Waals surface area contributed by atoms with Crippen LogP contribution >= 0.6 is 15.9 Å². The molecule has 0 saturated carbocycles. The molecule has 1 aromatic carbocycles. The SMILES string of the molecule is O=c1c(COC(F)F)c(CBr)[nH]n1-c1ccccc1. The van der Waals surface area contributed by atoms with Gasteiger partial charge in [0.2, 0.25) is 0 Å². The lowest BCUT2D eigenvalue weighted by molar-refractivity contribution is -0.137. The minimum absolute atomic E-state index is 0.195. The maximum Gasteiger partial charge on any atom is 0.345 e. The van der Waals surface area contributed by atoms with Crippen LogP contribution in [0.15, 0.2) is 35.1 Å². The molecule has 4 nitrogen and oxygen atoms in total. The molecule has 7 heteroatoms. The first-order valence-corrected chi connectivity index (χ1v) is 6.59. The number of alkyl halides is 3. The van der Waals surface area contributed by atoms with Gasteiger partial charge >= 0.3 is 6.61 Å². The van der Waals surface area contributed by atoms with Crippen molar-refractivity contribution < 1.29 is 13.5 Å². The van der Waals surface area contributed by atoms with E-state index in [9.17, 15) is 13.6 Å². The molecule has 1 N–H and O–H groups in total. The minimum atomic E-state index is -2.90. The van der Waals surface area contributed by atoms with Crippen LogP contribution in [-0.2, 0) is 16.7 Å². The van der Waals surface area contributed by atoms with Gasteiger partial charge in [-0.3, -0.25) is 9.89 Å². The molecule has 0 spiro atoms. The summed E-state index contributed by atoms with van der Waals surface area (Å²) in [5.74, 6) is 0. The maximum absolute atomic E-state index is 12.1. The van der Waals surface area contributed by atoms with Gasteiger partial charge in [0.15, 0.2) is 0 Å². The summed E-state index contributed by atoms with van der Waals surface area (Å²) in [7, 11) is 0. The summed E-state index contributed by atoms with van der Waals surface area (Å²) in [5, 5.41) is 3.22. The van der Waals surface area contributed by atoms with Crippen molar-refractivity contribution in [3.05, 3.63) is 51.9 Å². The number of hydrogen-bond acceptors (Lipinski definition) is 2. The fourth-order valence-electron chi connectivity index (χ4n) is 1.68. The predicted molar refractivity (Wildman–Crippen MR) is 69.8 cm³/mol. The van der Waals surface area contributed by atoms with Gasteiger partial charge in [-0.1, -0.05) is 34.1 Å². The summed E-state index contributed by atoms with van der Waals surface area (Å²) in [5.41, 5.74) is 0.967. The predicted octanol–water partition coefficient (Wildman–Crippen LogP) is 2.80. The second-order valence-corrected chi connectivity index (χ2v) is 4.31. The Labute approximate surface area is 116 Å². The first kappa shape index (κ1) is 14.0. The fraction of sp³-hybridized carbons (Fsp3) is 0.250. The normalized spacial score (nSPS) is 11.2. The Balaban J connectivity index is 2.40. The lowest BCUT2D eigenvalue weighted by Gasteiger charge is -2.00.